The number of carbonyl (C=O) groups excluding carboxylic acids is 3. The van der Waals surface area contributed by atoms with Gasteiger partial charge in [-0.2, -0.15) is 0 Å². The van der Waals surface area contributed by atoms with Crippen LogP contribution >= 0.6 is 0 Å². The molecular weight excluding hydrogens is 673 g/mol. The number of carbonyl (C=O) groups is 3. The van der Waals surface area contributed by atoms with Gasteiger partial charge in [0.1, 0.15) is 13.2 Å². The zero-order chi connectivity index (χ0) is 39.4. The van der Waals surface area contributed by atoms with Crippen LogP contribution < -0.4 is 0 Å². The molecule has 0 fully saturated rings. The molecule has 0 unspecified atom stereocenters. The van der Waals surface area contributed by atoms with Crippen molar-refractivity contribution in [1.29, 1.82) is 0 Å². The van der Waals surface area contributed by atoms with Crippen LogP contribution in [0.2, 0.25) is 0 Å². The van der Waals surface area contributed by atoms with Gasteiger partial charge in [-0.05, 0) is 44.9 Å². The van der Waals surface area contributed by atoms with Gasteiger partial charge >= 0.3 is 17.9 Å². The van der Waals surface area contributed by atoms with Crippen molar-refractivity contribution in [2.45, 2.75) is 264 Å². The van der Waals surface area contributed by atoms with Crippen LogP contribution in [-0.2, 0) is 28.6 Å². The fourth-order valence-electron chi connectivity index (χ4n) is 6.91. The Labute approximate surface area is 335 Å². The van der Waals surface area contributed by atoms with E-state index in [2.05, 4.69) is 32.9 Å². The topological polar surface area (TPSA) is 78.9 Å². The van der Waals surface area contributed by atoms with Gasteiger partial charge in [0.25, 0.3) is 0 Å². The van der Waals surface area contributed by atoms with Crippen LogP contribution in [0.25, 0.3) is 0 Å². The molecule has 1 atom stereocenters. The summed E-state index contributed by atoms with van der Waals surface area (Å²) in [6.45, 7) is 6.61. The molecule has 0 N–H and O–H groups in total. The Balaban J connectivity index is 4.33. The molecule has 0 aromatic heterocycles. The number of ether oxygens (including phenoxy) is 3. The third kappa shape index (κ3) is 41.3. The van der Waals surface area contributed by atoms with Crippen LogP contribution in [0, 0.1) is 0 Å². The zero-order valence-corrected chi connectivity index (χ0v) is 36.3. The van der Waals surface area contributed by atoms with Gasteiger partial charge in [0.15, 0.2) is 6.10 Å². The summed E-state index contributed by atoms with van der Waals surface area (Å²) in [7, 11) is 0. The van der Waals surface area contributed by atoms with Crippen molar-refractivity contribution >= 4 is 17.9 Å². The zero-order valence-electron chi connectivity index (χ0n) is 36.3. The second kappa shape index (κ2) is 43.9. The summed E-state index contributed by atoms with van der Waals surface area (Å²) in [4.78, 5) is 37.7. The highest BCUT2D eigenvalue weighted by atomic mass is 16.6. The number of esters is 3. The van der Waals surface area contributed by atoms with E-state index in [0.29, 0.717) is 19.3 Å². The van der Waals surface area contributed by atoms with Crippen molar-refractivity contribution in [3.63, 3.8) is 0 Å². The van der Waals surface area contributed by atoms with Crippen LogP contribution in [0.3, 0.4) is 0 Å². The lowest BCUT2D eigenvalue weighted by molar-refractivity contribution is -0.167. The molecule has 0 radical (unpaired) electrons. The third-order valence-electron chi connectivity index (χ3n) is 10.5. The van der Waals surface area contributed by atoms with E-state index in [1.807, 2.05) is 0 Å². The predicted octanol–water partition coefficient (Wildman–Crippen LogP) is 15.0. The van der Waals surface area contributed by atoms with E-state index in [-0.39, 0.29) is 31.1 Å². The molecule has 0 rings (SSSR count). The quantitative estimate of drug-likeness (QED) is 0.0266. The molecule has 0 amide bonds. The molecule has 6 nitrogen and oxygen atoms in total. The van der Waals surface area contributed by atoms with E-state index < -0.39 is 6.10 Å². The number of hydrogen-bond donors (Lipinski definition) is 0. The fourth-order valence-corrected chi connectivity index (χ4v) is 6.91. The van der Waals surface area contributed by atoms with Crippen molar-refractivity contribution in [3.8, 4) is 0 Å². The Morgan fingerprint density at radius 1 is 0.352 bits per heavy atom. The van der Waals surface area contributed by atoms with Crippen LogP contribution in [0.1, 0.15) is 258 Å². The molecule has 0 aromatic carbocycles. The van der Waals surface area contributed by atoms with Gasteiger partial charge in [-0.1, -0.05) is 206 Å². The lowest BCUT2D eigenvalue weighted by Crippen LogP contribution is -2.30. The second-order valence-corrected chi connectivity index (χ2v) is 16.0. The smallest absolute Gasteiger partial charge is 0.306 e. The van der Waals surface area contributed by atoms with Gasteiger partial charge in [-0.15, -0.1) is 0 Å². The van der Waals surface area contributed by atoms with E-state index in [9.17, 15) is 14.4 Å². The molecule has 0 aliphatic carbocycles. The Morgan fingerprint density at radius 3 is 0.963 bits per heavy atom. The Hall–Kier alpha value is -1.85. The summed E-state index contributed by atoms with van der Waals surface area (Å²) in [5, 5.41) is 0. The second-order valence-electron chi connectivity index (χ2n) is 16.0. The van der Waals surface area contributed by atoms with Gasteiger partial charge in [0.05, 0.1) is 0 Å². The number of unbranched alkanes of at least 4 members (excludes halogenated alkanes) is 30. The standard InChI is InChI=1S/C48H90O6/c1-4-7-10-13-16-19-22-24-25-27-29-32-35-38-41-47(50)53-44-45(43-52-46(49)40-37-34-31-28-21-18-15-12-9-6-3)54-48(51)42-39-36-33-30-26-23-20-17-14-11-8-5-2/h17,20,45H,4-16,18-19,21-44H2,1-3H3/b20-17-/t45-/m1/s1. The molecule has 0 bridgehead atoms. The summed E-state index contributed by atoms with van der Waals surface area (Å²) in [6, 6.07) is 0. The maximum atomic E-state index is 12.7. The molecule has 0 saturated heterocycles. The molecule has 0 aliphatic heterocycles. The Kier molecular flexibility index (Phi) is 42.4. The summed E-state index contributed by atoms with van der Waals surface area (Å²) in [5.74, 6) is -0.869. The Bertz CT molecular complexity index is 839. The monoisotopic (exact) mass is 763 g/mol. The fraction of sp³-hybridized carbons (Fsp3) is 0.896. The van der Waals surface area contributed by atoms with Crippen LogP contribution in [0.15, 0.2) is 12.2 Å². The van der Waals surface area contributed by atoms with Gasteiger partial charge < -0.3 is 14.2 Å². The van der Waals surface area contributed by atoms with Crippen LogP contribution in [0.5, 0.6) is 0 Å². The van der Waals surface area contributed by atoms with Crippen molar-refractivity contribution in [2.24, 2.45) is 0 Å². The first-order chi connectivity index (χ1) is 26.5. The predicted molar refractivity (Wildman–Crippen MR) is 229 cm³/mol. The molecule has 6 heteroatoms. The maximum absolute atomic E-state index is 12.7. The summed E-state index contributed by atoms with van der Waals surface area (Å²) < 4.78 is 16.7. The SMILES string of the molecule is CCCCC/C=C\CCCCCCCC(=O)O[C@H](COC(=O)CCCCCCCCCCCC)COC(=O)CCCCCCCCCCCCCCCC. The lowest BCUT2D eigenvalue weighted by Gasteiger charge is -2.18. The molecule has 0 heterocycles. The first kappa shape index (κ1) is 52.2. The average molecular weight is 763 g/mol. The van der Waals surface area contributed by atoms with Gasteiger partial charge in [-0.3, -0.25) is 14.4 Å². The van der Waals surface area contributed by atoms with Crippen molar-refractivity contribution in [3.05, 3.63) is 12.2 Å². The molecule has 0 aliphatic rings. The lowest BCUT2D eigenvalue weighted by atomic mass is 10.0. The van der Waals surface area contributed by atoms with Gasteiger partial charge in [0.2, 0.25) is 0 Å². The van der Waals surface area contributed by atoms with Crippen LogP contribution in [0.4, 0.5) is 0 Å². The van der Waals surface area contributed by atoms with E-state index in [1.54, 1.807) is 0 Å². The molecular formula is C48H90O6. The third-order valence-corrected chi connectivity index (χ3v) is 10.5. The minimum absolute atomic E-state index is 0.0688. The highest BCUT2D eigenvalue weighted by molar-refractivity contribution is 5.71. The molecule has 0 spiro atoms. The molecule has 0 aromatic rings. The van der Waals surface area contributed by atoms with Gasteiger partial charge in [0, 0.05) is 19.3 Å². The van der Waals surface area contributed by atoms with Crippen molar-refractivity contribution in [1.82, 2.24) is 0 Å². The molecule has 0 saturated carbocycles. The van der Waals surface area contributed by atoms with E-state index in [4.69, 9.17) is 14.2 Å². The maximum Gasteiger partial charge on any atom is 0.306 e. The van der Waals surface area contributed by atoms with Gasteiger partial charge in [-0.25, -0.2) is 0 Å². The highest BCUT2D eigenvalue weighted by Crippen LogP contribution is 2.15. The number of allylic oxidation sites excluding steroid dienone is 2. The first-order valence-corrected chi connectivity index (χ1v) is 23.7. The van der Waals surface area contributed by atoms with E-state index >= 15 is 0 Å². The summed E-state index contributed by atoms with van der Waals surface area (Å²) in [5.41, 5.74) is 0. The number of hydrogen-bond acceptors (Lipinski definition) is 6. The number of rotatable bonds is 43. The minimum atomic E-state index is -0.765. The first-order valence-electron chi connectivity index (χ1n) is 23.7. The summed E-state index contributed by atoms with van der Waals surface area (Å²) >= 11 is 0. The van der Waals surface area contributed by atoms with Crippen molar-refractivity contribution in [2.75, 3.05) is 13.2 Å². The Morgan fingerprint density at radius 2 is 0.611 bits per heavy atom. The minimum Gasteiger partial charge on any atom is -0.462 e. The average Bonchev–Trinajstić information content (AvgIpc) is 3.17. The van der Waals surface area contributed by atoms with E-state index in [0.717, 1.165) is 64.2 Å². The largest absolute Gasteiger partial charge is 0.462 e. The molecule has 318 valence electrons. The highest BCUT2D eigenvalue weighted by Gasteiger charge is 2.19. The van der Waals surface area contributed by atoms with Crippen LogP contribution in [-0.4, -0.2) is 37.2 Å². The van der Waals surface area contributed by atoms with Crippen molar-refractivity contribution < 1.29 is 28.6 Å². The van der Waals surface area contributed by atoms with E-state index in [1.165, 1.54) is 154 Å². The summed E-state index contributed by atoms with van der Waals surface area (Å²) in [6.07, 6.45) is 46.2. The normalized spacial score (nSPS) is 12.0. The molecule has 54 heavy (non-hydrogen) atoms.